The number of aliphatic imine (C=N–C) groups is 1. The van der Waals surface area contributed by atoms with Crippen LogP contribution in [0.2, 0.25) is 0 Å². The van der Waals surface area contributed by atoms with Gasteiger partial charge in [-0.15, -0.1) is 11.3 Å². The van der Waals surface area contributed by atoms with E-state index in [1.54, 1.807) is 0 Å². The van der Waals surface area contributed by atoms with E-state index in [4.69, 9.17) is 5.73 Å². The van der Waals surface area contributed by atoms with Crippen LogP contribution in [0.4, 0.5) is 13.2 Å². The van der Waals surface area contributed by atoms with Crippen LogP contribution in [0.1, 0.15) is 30.5 Å². The Morgan fingerprint density at radius 1 is 1.50 bits per heavy atom. The van der Waals surface area contributed by atoms with Crippen LogP contribution in [-0.2, 0) is 12.7 Å². The Balaban J connectivity index is 1.93. The number of thiazole rings is 1. The molecule has 0 spiro atoms. The van der Waals surface area contributed by atoms with Crippen molar-refractivity contribution in [3.63, 3.8) is 0 Å². The van der Waals surface area contributed by atoms with E-state index in [2.05, 4.69) is 16.9 Å². The van der Waals surface area contributed by atoms with E-state index < -0.39 is 11.9 Å². The summed E-state index contributed by atoms with van der Waals surface area (Å²) in [6, 6.07) is 0. The minimum atomic E-state index is -4.40. The molecule has 1 aliphatic rings. The van der Waals surface area contributed by atoms with E-state index in [1.807, 2.05) is 4.90 Å². The van der Waals surface area contributed by atoms with Crippen molar-refractivity contribution >= 4 is 17.3 Å². The smallest absolute Gasteiger partial charge is 0.370 e. The first-order valence-corrected chi connectivity index (χ1v) is 7.30. The molecule has 0 saturated carbocycles. The van der Waals surface area contributed by atoms with Crippen molar-refractivity contribution in [2.75, 3.05) is 13.1 Å². The standard InChI is InChI=1S/C12H17F3N4S/c1-8-2-4-19(5-3-8)11(16)17-6-10-18-9(7-20-10)12(13,14)15/h7-8H,2-6H2,1H3,(H2,16,17). The first-order valence-electron chi connectivity index (χ1n) is 6.42. The van der Waals surface area contributed by atoms with E-state index in [1.165, 1.54) is 0 Å². The van der Waals surface area contributed by atoms with Gasteiger partial charge < -0.3 is 10.6 Å². The van der Waals surface area contributed by atoms with Crippen LogP contribution in [0.3, 0.4) is 0 Å². The van der Waals surface area contributed by atoms with Crippen LogP contribution < -0.4 is 5.73 Å². The minimum absolute atomic E-state index is 0.0959. The van der Waals surface area contributed by atoms with Crippen molar-refractivity contribution < 1.29 is 13.2 Å². The Labute approximate surface area is 119 Å². The average molecular weight is 306 g/mol. The van der Waals surface area contributed by atoms with Gasteiger partial charge in [0.15, 0.2) is 11.7 Å². The molecule has 20 heavy (non-hydrogen) atoms. The maximum atomic E-state index is 12.4. The Morgan fingerprint density at radius 3 is 2.70 bits per heavy atom. The maximum absolute atomic E-state index is 12.4. The van der Waals surface area contributed by atoms with Gasteiger partial charge in [-0.25, -0.2) is 9.98 Å². The normalized spacial score (nSPS) is 18.6. The fourth-order valence-corrected chi connectivity index (χ4v) is 2.72. The summed E-state index contributed by atoms with van der Waals surface area (Å²) in [6.45, 7) is 3.99. The van der Waals surface area contributed by atoms with E-state index >= 15 is 0 Å². The third kappa shape index (κ3) is 3.84. The van der Waals surface area contributed by atoms with Crippen LogP contribution in [0, 0.1) is 5.92 Å². The third-order valence-electron chi connectivity index (χ3n) is 3.33. The number of alkyl halides is 3. The Morgan fingerprint density at radius 2 is 2.15 bits per heavy atom. The number of nitrogens with two attached hydrogens (primary N) is 1. The first kappa shape index (κ1) is 15.1. The first-order chi connectivity index (χ1) is 9.36. The van der Waals surface area contributed by atoms with Crippen molar-refractivity contribution in [3.8, 4) is 0 Å². The topological polar surface area (TPSA) is 54.5 Å². The largest absolute Gasteiger partial charge is 0.434 e. The van der Waals surface area contributed by atoms with Crippen molar-refractivity contribution in [1.82, 2.24) is 9.88 Å². The molecule has 1 aromatic rings. The van der Waals surface area contributed by atoms with E-state index in [-0.39, 0.29) is 6.54 Å². The predicted octanol–water partition coefficient (Wildman–Crippen LogP) is 2.71. The summed E-state index contributed by atoms with van der Waals surface area (Å²) in [4.78, 5) is 9.63. The summed E-state index contributed by atoms with van der Waals surface area (Å²) in [7, 11) is 0. The Hall–Kier alpha value is -1.31. The van der Waals surface area contributed by atoms with Crippen molar-refractivity contribution in [1.29, 1.82) is 0 Å². The summed E-state index contributed by atoms with van der Waals surface area (Å²) in [6.07, 6.45) is -2.27. The average Bonchev–Trinajstić information content (AvgIpc) is 2.85. The van der Waals surface area contributed by atoms with Gasteiger partial charge in [-0.1, -0.05) is 6.92 Å². The van der Waals surface area contributed by atoms with Crippen LogP contribution in [0.15, 0.2) is 10.4 Å². The molecule has 0 atom stereocenters. The molecular weight excluding hydrogens is 289 g/mol. The molecule has 0 radical (unpaired) electrons. The molecule has 2 N–H and O–H groups in total. The second kappa shape index (κ2) is 5.99. The zero-order valence-electron chi connectivity index (χ0n) is 11.2. The lowest BCUT2D eigenvalue weighted by Gasteiger charge is -2.30. The molecule has 1 aliphatic heterocycles. The quantitative estimate of drug-likeness (QED) is 0.675. The van der Waals surface area contributed by atoms with E-state index in [0.29, 0.717) is 16.9 Å². The predicted molar refractivity (Wildman–Crippen MR) is 72.4 cm³/mol. The highest BCUT2D eigenvalue weighted by atomic mass is 32.1. The number of aromatic nitrogens is 1. The van der Waals surface area contributed by atoms with Gasteiger partial charge in [0.2, 0.25) is 0 Å². The Kier molecular flexibility index (Phi) is 4.52. The molecule has 0 amide bonds. The molecule has 1 fully saturated rings. The maximum Gasteiger partial charge on any atom is 0.434 e. The molecule has 4 nitrogen and oxygen atoms in total. The summed E-state index contributed by atoms with van der Waals surface area (Å²) >= 11 is 0.953. The Bertz CT molecular complexity index is 475. The van der Waals surface area contributed by atoms with Gasteiger partial charge in [0.1, 0.15) is 5.01 Å². The van der Waals surface area contributed by atoms with Crippen molar-refractivity contribution in [2.24, 2.45) is 16.6 Å². The zero-order valence-corrected chi connectivity index (χ0v) is 12.0. The van der Waals surface area contributed by atoms with E-state index in [0.717, 1.165) is 42.6 Å². The number of halogens is 3. The third-order valence-corrected chi connectivity index (χ3v) is 4.16. The molecule has 0 bridgehead atoms. The van der Waals surface area contributed by atoms with Crippen LogP contribution in [-0.4, -0.2) is 28.9 Å². The molecule has 8 heteroatoms. The lowest BCUT2D eigenvalue weighted by Crippen LogP contribution is -2.42. The van der Waals surface area contributed by atoms with Gasteiger partial charge in [0.25, 0.3) is 0 Å². The summed E-state index contributed by atoms with van der Waals surface area (Å²) < 4.78 is 37.2. The molecule has 0 unspecified atom stereocenters. The van der Waals surface area contributed by atoms with Gasteiger partial charge in [-0.05, 0) is 18.8 Å². The van der Waals surface area contributed by atoms with Crippen molar-refractivity contribution in [2.45, 2.75) is 32.5 Å². The molecule has 0 aliphatic carbocycles. The number of piperidine rings is 1. The summed E-state index contributed by atoms with van der Waals surface area (Å²) in [5, 5.41) is 1.33. The highest BCUT2D eigenvalue weighted by molar-refractivity contribution is 7.09. The molecule has 112 valence electrons. The number of hydrogen-bond donors (Lipinski definition) is 1. The van der Waals surface area contributed by atoms with Gasteiger partial charge >= 0.3 is 6.18 Å². The lowest BCUT2D eigenvalue weighted by atomic mass is 10.00. The number of likely N-dealkylation sites (tertiary alicyclic amines) is 1. The van der Waals surface area contributed by atoms with Crippen LogP contribution in [0.25, 0.3) is 0 Å². The number of hydrogen-bond acceptors (Lipinski definition) is 3. The van der Waals surface area contributed by atoms with Gasteiger partial charge in [0.05, 0.1) is 6.54 Å². The summed E-state index contributed by atoms with van der Waals surface area (Å²) in [5.74, 6) is 1.08. The van der Waals surface area contributed by atoms with Gasteiger partial charge in [-0.3, -0.25) is 0 Å². The second-order valence-electron chi connectivity index (χ2n) is 4.97. The molecule has 2 rings (SSSR count). The van der Waals surface area contributed by atoms with Crippen LogP contribution in [0.5, 0.6) is 0 Å². The highest BCUT2D eigenvalue weighted by Gasteiger charge is 2.33. The molecule has 1 saturated heterocycles. The minimum Gasteiger partial charge on any atom is -0.370 e. The molecule has 0 aromatic carbocycles. The highest BCUT2D eigenvalue weighted by Crippen LogP contribution is 2.30. The number of guanidine groups is 1. The summed E-state index contributed by atoms with van der Waals surface area (Å²) in [5.41, 5.74) is 5.00. The fourth-order valence-electron chi connectivity index (χ4n) is 2.00. The second-order valence-corrected chi connectivity index (χ2v) is 5.91. The lowest BCUT2D eigenvalue weighted by molar-refractivity contribution is -0.140. The number of nitrogens with zero attached hydrogens (tertiary/aromatic N) is 3. The number of rotatable bonds is 2. The fraction of sp³-hybridized carbons (Fsp3) is 0.667. The molecular formula is C12H17F3N4S. The molecule has 2 heterocycles. The van der Waals surface area contributed by atoms with E-state index in [9.17, 15) is 13.2 Å². The molecule has 1 aromatic heterocycles. The monoisotopic (exact) mass is 306 g/mol. The van der Waals surface area contributed by atoms with Gasteiger partial charge in [0, 0.05) is 18.5 Å². The van der Waals surface area contributed by atoms with Gasteiger partial charge in [-0.2, -0.15) is 13.2 Å². The van der Waals surface area contributed by atoms with Crippen LogP contribution >= 0.6 is 11.3 Å². The van der Waals surface area contributed by atoms with Crippen molar-refractivity contribution in [3.05, 3.63) is 16.1 Å². The zero-order chi connectivity index (χ0) is 14.8. The SMILES string of the molecule is CC1CCN(C(N)=NCc2nc(C(F)(F)F)cs2)CC1.